The zero-order chi connectivity index (χ0) is 16.4. The van der Waals surface area contributed by atoms with E-state index < -0.39 is 33.5 Å². The summed E-state index contributed by atoms with van der Waals surface area (Å²) in [7, 11) is -2.46. The standard InChI is InChI=1S/C12H18N2O5S2/c1-8(10(15)14(4)12(2,3)11(16)17)13-21(18,19)9-6-5-7-20-9/h5-8,13H,1-4H3,(H,16,17). The van der Waals surface area contributed by atoms with E-state index in [0.29, 0.717) is 0 Å². The van der Waals surface area contributed by atoms with Crippen molar-refractivity contribution in [1.82, 2.24) is 9.62 Å². The molecule has 0 aromatic carbocycles. The predicted molar refractivity (Wildman–Crippen MR) is 78.6 cm³/mol. The highest BCUT2D eigenvalue weighted by Gasteiger charge is 2.37. The van der Waals surface area contributed by atoms with Crippen molar-refractivity contribution >= 4 is 33.2 Å². The molecular formula is C12H18N2O5S2. The highest BCUT2D eigenvalue weighted by Crippen LogP contribution is 2.17. The Balaban J connectivity index is 2.88. The molecule has 0 aliphatic heterocycles. The van der Waals surface area contributed by atoms with Crippen molar-refractivity contribution in [2.75, 3.05) is 7.05 Å². The molecule has 1 amide bonds. The third-order valence-corrected chi connectivity index (χ3v) is 6.09. The highest BCUT2D eigenvalue weighted by atomic mass is 32.2. The van der Waals surface area contributed by atoms with E-state index >= 15 is 0 Å². The molecule has 118 valence electrons. The molecule has 0 spiro atoms. The molecule has 1 rings (SSSR count). The number of carboxylic acids is 1. The maximum Gasteiger partial charge on any atom is 0.329 e. The number of carbonyl (C=O) groups excluding carboxylic acids is 1. The van der Waals surface area contributed by atoms with Gasteiger partial charge in [-0.2, -0.15) is 4.72 Å². The van der Waals surface area contributed by atoms with Crippen LogP contribution in [0.15, 0.2) is 21.7 Å². The van der Waals surface area contributed by atoms with Crippen LogP contribution < -0.4 is 4.72 Å². The van der Waals surface area contributed by atoms with E-state index in [1.54, 1.807) is 11.4 Å². The summed E-state index contributed by atoms with van der Waals surface area (Å²) >= 11 is 1.03. The summed E-state index contributed by atoms with van der Waals surface area (Å²) in [5, 5.41) is 10.7. The molecule has 21 heavy (non-hydrogen) atoms. The lowest BCUT2D eigenvalue weighted by molar-refractivity contribution is -0.155. The Kier molecular flexibility index (Phi) is 5.13. The minimum Gasteiger partial charge on any atom is -0.480 e. The van der Waals surface area contributed by atoms with Gasteiger partial charge in [0.1, 0.15) is 9.75 Å². The van der Waals surface area contributed by atoms with Gasteiger partial charge in [0.15, 0.2) is 0 Å². The molecule has 9 heteroatoms. The Bertz CT molecular complexity index is 622. The molecule has 1 unspecified atom stereocenters. The fourth-order valence-corrected chi connectivity index (χ4v) is 3.67. The zero-order valence-corrected chi connectivity index (χ0v) is 13.8. The molecule has 0 aliphatic rings. The summed E-state index contributed by atoms with van der Waals surface area (Å²) in [5.41, 5.74) is -1.43. The third-order valence-electron chi connectivity index (χ3n) is 3.15. The van der Waals surface area contributed by atoms with Gasteiger partial charge in [0.25, 0.3) is 10.0 Å². The molecule has 0 aliphatic carbocycles. The van der Waals surface area contributed by atoms with Crippen LogP contribution in [-0.4, -0.2) is 48.9 Å². The molecule has 0 fully saturated rings. The molecular weight excluding hydrogens is 316 g/mol. The van der Waals surface area contributed by atoms with Crippen LogP contribution >= 0.6 is 11.3 Å². The first kappa shape index (κ1) is 17.6. The molecule has 0 bridgehead atoms. The molecule has 0 saturated carbocycles. The third kappa shape index (κ3) is 3.80. The van der Waals surface area contributed by atoms with Crippen LogP contribution in [0.1, 0.15) is 20.8 Å². The molecule has 1 aromatic heterocycles. The lowest BCUT2D eigenvalue weighted by Crippen LogP contribution is -2.56. The van der Waals surface area contributed by atoms with E-state index in [-0.39, 0.29) is 4.21 Å². The van der Waals surface area contributed by atoms with Crippen molar-refractivity contribution in [3.05, 3.63) is 17.5 Å². The number of amides is 1. The Morgan fingerprint density at radius 3 is 2.43 bits per heavy atom. The van der Waals surface area contributed by atoms with Crippen molar-refractivity contribution in [2.24, 2.45) is 0 Å². The maximum absolute atomic E-state index is 12.2. The van der Waals surface area contributed by atoms with Gasteiger partial charge < -0.3 is 10.0 Å². The van der Waals surface area contributed by atoms with E-state index in [1.165, 1.54) is 33.9 Å². The van der Waals surface area contributed by atoms with Gasteiger partial charge in [-0.1, -0.05) is 6.07 Å². The highest BCUT2D eigenvalue weighted by molar-refractivity contribution is 7.91. The number of hydrogen-bond donors (Lipinski definition) is 2. The fourth-order valence-electron chi connectivity index (χ4n) is 1.47. The Labute approximate surface area is 127 Å². The Hall–Kier alpha value is -1.45. The number of rotatable bonds is 6. The lowest BCUT2D eigenvalue weighted by Gasteiger charge is -2.33. The van der Waals surface area contributed by atoms with Gasteiger partial charge in [0.05, 0.1) is 6.04 Å². The van der Waals surface area contributed by atoms with Gasteiger partial charge in [-0.3, -0.25) is 4.79 Å². The molecule has 1 heterocycles. The molecule has 0 radical (unpaired) electrons. The Morgan fingerprint density at radius 1 is 1.43 bits per heavy atom. The number of carbonyl (C=O) groups is 2. The first-order chi connectivity index (χ1) is 9.50. The SMILES string of the molecule is CC(NS(=O)(=O)c1cccs1)C(=O)N(C)C(C)(C)C(=O)O. The van der Waals surface area contributed by atoms with Crippen LogP contribution in [-0.2, 0) is 19.6 Å². The summed E-state index contributed by atoms with van der Waals surface area (Å²) in [6, 6.07) is 1.95. The normalized spacial score (nSPS) is 13.7. The summed E-state index contributed by atoms with van der Waals surface area (Å²) in [6.45, 7) is 4.11. The fraction of sp³-hybridized carbons (Fsp3) is 0.500. The van der Waals surface area contributed by atoms with Gasteiger partial charge in [-0.25, -0.2) is 13.2 Å². The number of sulfonamides is 1. The molecule has 2 N–H and O–H groups in total. The van der Waals surface area contributed by atoms with Crippen molar-refractivity contribution in [2.45, 2.75) is 36.6 Å². The van der Waals surface area contributed by atoms with Crippen LogP contribution in [0.5, 0.6) is 0 Å². The van der Waals surface area contributed by atoms with E-state index in [4.69, 9.17) is 5.11 Å². The summed E-state index contributed by atoms with van der Waals surface area (Å²) in [5.74, 6) is -1.80. The second-order valence-corrected chi connectivity index (χ2v) is 7.93. The van der Waals surface area contributed by atoms with Crippen LogP contribution in [0.2, 0.25) is 0 Å². The van der Waals surface area contributed by atoms with Crippen LogP contribution in [0.25, 0.3) is 0 Å². The average Bonchev–Trinajstić information content (AvgIpc) is 2.90. The number of likely N-dealkylation sites (N-methyl/N-ethyl adjacent to an activating group) is 1. The first-order valence-corrected chi connectivity index (χ1v) is 8.43. The number of carboxylic acid groups (broad SMARTS) is 1. The van der Waals surface area contributed by atoms with E-state index in [0.717, 1.165) is 16.2 Å². The van der Waals surface area contributed by atoms with E-state index in [9.17, 15) is 18.0 Å². The topological polar surface area (TPSA) is 104 Å². The number of nitrogens with zero attached hydrogens (tertiary/aromatic N) is 1. The van der Waals surface area contributed by atoms with Gasteiger partial charge >= 0.3 is 5.97 Å². The lowest BCUT2D eigenvalue weighted by atomic mass is 10.0. The number of nitrogens with one attached hydrogen (secondary N) is 1. The van der Waals surface area contributed by atoms with E-state index in [2.05, 4.69) is 4.72 Å². The predicted octanol–water partition coefficient (Wildman–Crippen LogP) is 0.736. The second-order valence-electron chi connectivity index (χ2n) is 5.04. The number of aliphatic carboxylic acids is 1. The molecule has 1 atom stereocenters. The van der Waals surface area contributed by atoms with Crippen molar-refractivity contribution in [3.63, 3.8) is 0 Å². The minimum absolute atomic E-state index is 0.0993. The van der Waals surface area contributed by atoms with Crippen LogP contribution in [0, 0.1) is 0 Å². The van der Waals surface area contributed by atoms with Gasteiger partial charge in [0, 0.05) is 7.05 Å². The molecule has 7 nitrogen and oxygen atoms in total. The zero-order valence-electron chi connectivity index (χ0n) is 12.2. The second kappa shape index (κ2) is 6.12. The molecule has 1 aromatic rings. The Morgan fingerprint density at radius 2 is 2.00 bits per heavy atom. The summed E-state index contributed by atoms with van der Waals surface area (Å²) in [6.07, 6.45) is 0. The monoisotopic (exact) mass is 334 g/mol. The maximum atomic E-state index is 12.2. The summed E-state index contributed by atoms with van der Waals surface area (Å²) in [4.78, 5) is 24.3. The number of hydrogen-bond acceptors (Lipinski definition) is 5. The van der Waals surface area contributed by atoms with Gasteiger partial charge in [-0.15, -0.1) is 11.3 Å². The first-order valence-electron chi connectivity index (χ1n) is 6.07. The van der Waals surface area contributed by atoms with Gasteiger partial charge in [-0.05, 0) is 32.2 Å². The van der Waals surface area contributed by atoms with E-state index in [1.807, 2.05) is 0 Å². The van der Waals surface area contributed by atoms with Crippen molar-refractivity contribution in [1.29, 1.82) is 0 Å². The van der Waals surface area contributed by atoms with Crippen molar-refractivity contribution < 1.29 is 23.1 Å². The average molecular weight is 334 g/mol. The minimum atomic E-state index is -3.79. The summed E-state index contributed by atoms with van der Waals surface area (Å²) < 4.78 is 26.4. The van der Waals surface area contributed by atoms with Gasteiger partial charge in [0.2, 0.25) is 5.91 Å². The molecule has 0 saturated heterocycles. The van der Waals surface area contributed by atoms with Crippen LogP contribution in [0.4, 0.5) is 0 Å². The van der Waals surface area contributed by atoms with Crippen LogP contribution in [0.3, 0.4) is 0 Å². The van der Waals surface area contributed by atoms with Crippen molar-refractivity contribution in [3.8, 4) is 0 Å². The smallest absolute Gasteiger partial charge is 0.329 e. The largest absolute Gasteiger partial charge is 0.480 e. The number of thiophene rings is 1. The quantitative estimate of drug-likeness (QED) is 0.798.